The highest BCUT2D eigenvalue weighted by molar-refractivity contribution is 7.90. The zero-order chi connectivity index (χ0) is 10.8. The van der Waals surface area contributed by atoms with Gasteiger partial charge in [-0.05, 0) is 26.7 Å². The molecule has 1 rings (SSSR count). The Hall–Kier alpha value is -0.0900. The summed E-state index contributed by atoms with van der Waals surface area (Å²) >= 11 is 0. The van der Waals surface area contributed by atoms with Crippen LogP contribution in [0.5, 0.6) is 0 Å². The number of nitrogens with zero attached hydrogens (tertiary/aromatic N) is 1. The van der Waals surface area contributed by atoms with Gasteiger partial charge in [0.1, 0.15) is 9.84 Å². The molecule has 1 aliphatic heterocycles. The lowest BCUT2D eigenvalue weighted by Crippen LogP contribution is -2.45. The summed E-state index contributed by atoms with van der Waals surface area (Å²) in [5, 5.41) is 0. The van der Waals surface area contributed by atoms with Crippen LogP contribution in [0.15, 0.2) is 0 Å². The average Bonchev–Trinajstić information content (AvgIpc) is 2.01. The first-order chi connectivity index (χ1) is 6.40. The molecule has 0 saturated carbocycles. The third-order valence-corrected chi connectivity index (χ3v) is 4.02. The lowest BCUT2D eigenvalue weighted by molar-refractivity contribution is 0.112. The van der Waals surface area contributed by atoms with Crippen molar-refractivity contribution in [3.8, 4) is 0 Å². The molecule has 0 N–H and O–H groups in total. The lowest BCUT2D eigenvalue weighted by atomic mass is 9.98. The highest BCUT2D eigenvalue weighted by Crippen LogP contribution is 2.21. The standard InChI is InChI=1S/C10H21NO2S/c1-9-5-4-6-10(2)11(9)7-8-14(3,12)13/h9-10H,4-8H2,1-3H3. The molecule has 2 atom stereocenters. The van der Waals surface area contributed by atoms with Crippen LogP contribution in [0.3, 0.4) is 0 Å². The van der Waals surface area contributed by atoms with Gasteiger partial charge < -0.3 is 0 Å². The van der Waals surface area contributed by atoms with Gasteiger partial charge in [-0.25, -0.2) is 8.42 Å². The summed E-state index contributed by atoms with van der Waals surface area (Å²) in [6, 6.07) is 1.08. The van der Waals surface area contributed by atoms with Gasteiger partial charge in [0, 0.05) is 24.9 Å². The van der Waals surface area contributed by atoms with Crippen molar-refractivity contribution in [1.82, 2.24) is 4.90 Å². The van der Waals surface area contributed by atoms with Crippen molar-refractivity contribution in [2.24, 2.45) is 0 Å². The third-order valence-electron chi connectivity index (χ3n) is 3.10. The van der Waals surface area contributed by atoms with Gasteiger partial charge in [0.05, 0.1) is 5.75 Å². The third kappa shape index (κ3) is 3.58. The van der Waals surface area contributed by atoms with Gasteiger partial charge in [0.15, 0.2) is 0 Å². The first-order valence-electron chi connectivity index (χ1n) is 5.33. The summed E-state index contributed by atoms with van der Waals surface area (Å²) in [6.45, 7) is 5.08. The topological polar surface area (TPSA) is 37.4 Å². The summed E-state index contributed by atoms with van der Waals surface area (Å²) in [5.74, 6) is 0.293. The van der Waals surface area contributed by atoms with E-state index in [1.807, 2.05) is 0 Å². The molecule has 0 radical (unpaired) electrons. The van der Waals surface area contributed by atoms with Crippen molar-refractivity contribution in [3.63, 3.8) is 0 Å². The van der Waals surface area contributed by atoms with Crippen LogP contribution in [-0.4, -0.2) is 44.0 Å². The highest BCUT2D eigenvalue weighted by atomic mass is 32.2. The Bertz CT molecular complexity index is 264. The molecular weight excluding hydrogens is 198 g/mol. The van der Waals surface area contributed by atoms with Crippen LogP contribution in [0.25, 0.3) is 0 Å². The van der Waals surface area contributed by atoms with Crippen LogP contribution in [0, 0.1) is 0 Å². The maximum absolute atomic E-state index is 11.1. The van der Waals surface area contributed by atoms with Crippen LogP contribution in [0.2, 0.25) is 0 Å². The van der Waals surface area contributed by atoms with Gasteiger partial charge in [-0.2, -0.15) is 0 Å². The Kier molecular flexibility index (Phi) is 3.95. The number of sulfone groups is 1. The first-order valence-corrected chi connectivity index (χ1v) is 7.39. The van der Waals surface area contributed by atoms with Gasteiger partial charge >= 0.3 is 0 Å². The zero-order valence-corrected chi connectivity index (χ0v) is 10.2. The first kappa shape index (κ1) is 12.0. The maximum atomic E-state index is 11.1. The molecule has 1 saturated heterocycles. The maximum Gasteiger partial charge on any atom is 0.148 e. The van der Waals surface area contributed by atoms with Crippen molar-refractivity contribution < 1.29 is 8.42 Å². The minimum Gasteiger partial charge on any atom is -0.297 e. The van der Waals surface area contributed by atoms with E-state index in [-0.39, 0.29) is 0 Å². The van der Waals surface area contributed by atoms with Crippen molar-refractivity contribution >= 4 is 9.84 Å². The van der Waals surface area contributed by atoms with E-state index in [0.717, 1.165) is 0 Å². The molecule has 0 bridgehead atoms. The van der Waals surface area contributed by atoms with Crippen molar-refractivity contribution in [3.05, 3.63) is 0 Å². The summed E-state index contributed by atoms with van der Waals surface area (Å²) < 4.78 is 22.1. The average molecular weight is 219 g/mol. The second kappa shape index (κ2) is 4.62. The number of piperidine rings is 1. The fraction of sp³-hybridized carbons (Fsp3) is 1.00. The summed E-state index contributed by atoms with van der Waals surface area (Å²) in [4.78, 5) is 2.32. The Labute approximate surface area is 87.4 Å². The quantitative estimate of drug-likeness (QED) is 0.718. The molecule has 4 heteroatoms. The van der Waals surface area contributed by atoms with Gasteiger partial charge in [-0.15, -0.1) is 0 Å². The lowest BCUT2D eigenvalue weighted by Gasteiger charge is -2.38. The molecule has 0 spiro atoms. The SMILES string of the molecule is CC1CCCC(C)N1CCS(C)(=O)=O. The van der Waals surface area contributed by atoms with Gasteiger partial charge in [-0.1, -0.05) is 6.42 Å². The molecule has 3 nitrogen and oxygen atoms in total. The number of hydrogen-bond acceptors (Lipinski definition) is 3. The van der Waals surface area contributed by atoms with Crippen molar-refractivity contribution in [2.45, 2.75) is 45.2 Å². The molecule has 14 heavy (non-hydrogen) atoms. The second-order valence-corrected chi connectivity index (χ2v) is 6.76. The monoisotopic (exact) mass is 219 g/mol. The van der Waals surface area contributed by atoms with Crippen LogP contribution in [0.4, 0.5) is 0 Å². The molecule has 0 aliphatic carbocycles. The van der Waals surface area contributed by atoms with E-state index in [1.54, 1.807) is 0 Å². The Morgan fingerprint density at radius 3 is 2.14 bits per heavy atom. The molecule has 1 fully saturated rings. The van der Waals surface area contributed by atoms with Crippen molar-refractivity contribution in [2.75, 3.05) is 18.6 Å². The van der Waals surface area contributed by atoms with Crippen LogP contribution in [0.1, 0.15) is 33.1 Å². The fourth-order valence-electron chi connectivity index (χ4n) is 2.19. The van der Waals surface area contributed by atoms with E-state index in [2.05, 4.69) is 18.7 Å². The zero-order valence-electron chi connectivity index (χ0n) is 9.36. The molecular formula is C10H21NO2S. The molecule has 1 aliphatic rings. The van der Waals surface area contributed by atoms with E-state index < -0.39 is 9.84 Å². The number of hydrogen-bond donors (Lipinski definition) is 0. The smallest absolute Gasteiger partial charge is 0.148 e. The molecule has 0 aromatic rings. The molecule has 0 aromatic heterocycles. The molecule has 2 unspecified atom stereocenters. The van der Waals surface area contributed by atoms with E-state index >= 15 is 0 Å². The largest absolute Gasteiger partial charge is 0.297 e. The Morgan fingerprint density at radius 1 is 1.21 bits per heavy atom. The predicted octanol–water partition coefficient (Wildman–Crippen LogP) is 1.29. The Balaban J connectivity index is 2.48. The highest BCUT2D eigenvalue weighted by Gasteiger charge is 2.24. The van der Waals surface area contributed by atoms with E-state index in [9.17, 15) is 8.42 Å². The summed E-state index contributed by atoms with van der Waals surface area (Å²) in [7, 11) is -2.81. The second-order valence-electron chi connectivity index (χ2n) is 4.50. The normalized spacial score (nSPS) is 30.5. The van der Waals surface area contributed by atoms with Crippen LogP contribution in [-0.2, 0) is 9.84 Å². The fourth-order valence-corrected chi connectivity index (χ4v) is 2.73. The van der Waals surface area contributed by atoms with Gasteiger partial charge in [0.2, 0.25) is 0 Å². The molecule has 0 amide bonds. The van der Waals surface area contributed by atoms with Gasteiger partial charge in [-0.3, -0.25) is 4.90 Å². The number of likely N-dealkylation sites (tertiary alicyclic amines) is 1. The van der Waals surface area contributed by atoms with E-state index in [1.165, 1.54) is 25.5 Å². The summed E-state index contributed by atoms with van der Waals surface area (Å²) in [6.07, 6.45) is 4.99. The van der Waals surface area contributed by atoms with Crippen LogP contribution >= 0.6 is 0 Å². The predicted molar refractivity (Wildman–Crippen MR) is 59.2 cm³/mol. The molecule has 84 valence electrons. The van der Waals surface area contributed by atoms with Gasteiger partial charge in [0.25, 0.3) is 0 Å². The minimum atomic E-state index is -2.81. The minimum absolute atomic E-state index is 0.293. The summed E-state index contributed by atoms with van der Waals surface area (Å²) in [5.41, 5.74) is 0. The van der Waals surface area contributed by atoms with Crippen LogP contribution < -0.4 is 0 Å². The van der Waals surface area contributed by atoms with Crippen molar-refractivity contribution in [1.29, 1.82) is 0 Å². The van der Waals surface area contributed by atoms with E-state index in [4.69, 9.17) is 0 Å². The van der Waals surface area contributed by atoms with E-state index in [0.29, 0.717) is 24.4 Å². The molecule has 0 aromatic carbocycles. The number of rotatable bonds is 3. The molecule has 1 heterocycles. The Morgan fingerprint density at radius 2 is 1.71 bits per heavy atom.